The zero-order valence-corrected chi connectivity index (χ0v) is 17.3. The second-order valence-electron chi connectivity index (χ2n) is 7.84. The van der Waals surface area contributed by atoms with Gasteiger partial charge in [0.2, 0.25) is 6.33 Å². The number of halogens is 10. The molecule has 0 radical (unpaired) electrons. The third-order valence-electron chi connectivity index (χ3n) is 5.47. The second kappa shape index (κ2) is 8.54. The Kier molecular flexibility index (Phi) is 6.10. The van der Waals surface area contributed by atoms with Crippen molar-refractivity contribution in [2.24, 2.45) is 0 Å². The van der Waals surface area contributed by atoms with Crippen molar-refractivity contribution in [2.75, 3.05) is 0 Å². The van der Waals surface area contributed by atoms with E-state index in [2.05, 4.69) is 5.10 Å². The van der Waals surface area contributed by atoms with Crippen LogP contribution in [-0.2, 0) is 30.1 Å². The van der Waals surface area contributed by atoms with Gasteiger partial charge in [0.1, 0.15) is 24.4 Å². The van der Waals surface area contributed by atoms with Crippen LogP contribution < -0.4 is 4.57 Å². The van der Waals surface area contributed by atoms with Crippen molar-refractivity contribution in [3.05, 3.63) is 76.9 Å². The van der Waals surface area contributed by atoms with Crippen molar-refractivity contribution in [1.82, 2.24) is 9.78 Å². The maximum Gasteiger partial charge on any atom is 0.673 e. The fraction of sp³-hybridized carbons (Fsp3) is 0.300. The summed E-state index contributed by atoms with van der Waals surface area (Å²) in [6.45, 7) is 0.118. The standard InChI is InChI=1S/C20H14F6N3O.BF4/c21-19(22,23)12-6-13(20(24,25)26)8-14(7-12)29-10-28-17(27-29)9-30-16-5-11-3-1-2-4-15(11)18(16)28;2-1(3,4)5/h1-4,6-8,10,16,18H,5,9H2;/q+1;-1/t16-,18+;/m0./s1. The largest absolute Gasteiger partial charge is 0.673 e. The Morgan fingerprint density at radius 2 is 1.49 bits per heavy atom. The van der Waals surface area contributed by atoms with Gasteiger partial charge >= 0.3 is 25.4 Å². The van der Waals surface area contributed by atoms with Gasteiger partial charge in [-0.15, -0.1) is 0 Å². The first-order valence-corrected chi connectivity index (χ1v) is 9.97. The van der Waals surface area contributed by atoms with Crippen molar-refractivity contribution in [3.63, 3.8) is 0 Å². The van der Waals surface area contributed by atoms with Crippen LogP contribution in [0.15, 0.2) is 48.8 Å². The van der Waals surface area contributed by atoms with E-state index in [0.29, 0.717) is 24.4 Å². The lowest BCUT2D eigenvalue weighted by Crippen LogP contribution is -2.51. The summed E-state index contributed by atoms with van der Waals surface area (Å²) in [5.74, 6) is 0.430. The summed E-state index contributed by atoms with van der Waals surface area (Å²) < 4.78 is 127. The Hall–Kier alpha value is -3.10. The smallest absolute Gasteiger partial charge is 0.418 e. The lowest BCUT2D eigenvalue weighted by Gasteiger charge is -2.23. The number of aromatic nitrogens is 3. The van der Waals surface area contributed by atoms with Crippen molar-refractivity contribution in [3.8, 4) is 5.69 Å². The van der Waals surface area contributed by atoms with Gasteiger partial charge in [-0.3, -0.25) is 0 Å². The van der Waals surface area contributed by atoms with E-state index >= 15 is 0 Å². The molecule has 1 aliphatic carbocycles. The molecule has 0 N–H and O–H groups in total. The van der Waals surface area contributed by atoms with Gasteiger partial charge in [0.25, 0.3) is 0 Å². The minimum Gasteiger partial charge on any atom is -0.418 e. The van der Waals surface area contributed by atoms with Crippen LogP contribution in [0.5, 0.6) is 0 Å². The van der Waals surface area contributed by atoms with E-state index < -0.39 is 30.7 Å². The van der Waals surface area contributed by atoms with Crippen LogP contribution >= 0.6 is 0 Å². The number of benzene rings is 2. The Balaban J connectivity index is 0.000000527. The molecule has 2 aromatic carbocycles. The molecule has 0 saturated carbocycles. The molecule has 0 bridgehead atoms. The first-order valence-electron chi connectivity index (χ1n) is 9.97. The topological polar surface area (TPSA) is 30.9 Å². The summed E-state index contributed by atoms with van der Waals surface area (Å²) in [6.07, 6.45) is -7.89. The normalized spacial score (nSPS) is 19.4. The fourth-order valence-corrected chi connectivity index (χ4v) is 4.12. The predicted octanol–water partition coefficient (Wildman–Crippen LogP) is 5.54. The molecule has 0 amide bonds. The highest BCUT2D eigenvalue weighted by molar-refractivity contribution is 6.50. The summed E-state index contributed by atoms with van der Waals surface area (Å²) in [6, 6.07) is 8.90. The molecular weight excluding hydrogens is 499 g/mol. The Morgan fingerprint density at radius 1 is 0.914 bits per heavy atom. The molecule has 0 fully saturated rings. The van der Waals surface area contributed by atoms with Gasteiger partial charge in [-0.05, 0) is 29.3 Å². The number of rotatable bonds is 1. The number of hydrogen-bond donors (Lipinski definition) is 0. The minimum atomic E-state index is -6.00. The average molecular weight is 513 g/mol. The number of alkyl halides is 6. The van der Waals surface area contributed by atoms with Crippen LogP contribution in [-0.4, -0.2) is 23.1 Å². The Bertz CT molecular complexity index is 1200. The predicted molar refractivity (Wildman–Crippen MR) is 101 cm³/mol. The number of ether oxygens (including phenoxy) is 1. The molecule has 35 heavy (non-hydrogen) atoms. The van der Waals surface area contributed by atoms with E-state index in [9.17, 15) is 43.6 Å². The molecule has 1 aromatic heterocycles. The molecule has 3 aromatic rings. The lowest BCUT2D eigenvalue weighted by atomic mass is 10.1. The number of nitrogens with zero attached hydrogens (tertiary/aromatic N) is 3. The molecule has 0 saturated heterocycles. The van der Waals surface area contributed by atoms with Crippen molar-refractivity contribution in [1.29, 1.82) is 0 Å². The maximum absolute atomic E-state index is 13.2. The monoisotopic (exact) mass is 513 g/mol. The summed E-state index contributed by atoms with van der Waals surface area (Å²) in [5.41, 5.74) is -0.980. The van der Waals surface area contributed by atoms with Crippen LogP contribution in [0.4, 0.5) is 43.6 Å². The highest BCUT2D eigenvalue weighted by atomic mass is 19.5. The quantitative estimate of drug-likeness (QED) is 0.243. The van der Waals surface area contributed by atoms with Gasteiger partial charge in [-0.1, -0.05) is 28.9 Å². The Morgan fingerprint density at radius 3 is 2.06 bits per heavy atom. The summed E-state index contributed by atoms with van der Waals surface area (Å²) in [5, 5.41) is 4.22. The van der Waals surface area contributed by atoms with E-state index in [4.69, 9.17) is 4.74 Å². The van der Waals surface area contributed by atoms with Gasteiger partial charge in [-0.25, -0.2) is 4.57 Å². The molecule has 2 atom stereocenters. The molecule has 0 unspecified atom stereocenters. The first kappa shape index (κ1) is 25.0. The van der Waals surface area contributed by atoms with Crippen molar-refractivity contribution >= 4 is 7.25 Å². The van der Waals surface area contributed by atoms with Gasteiger partial charge in [-0.2, -0.15) is 26.3 Å². The average Bonchev–Trinajstić information content (AvgIpc) is 3.32. The molecule has 1 aliphatic heterocycles. The molecule has 2 heterocycles. The molecule has 15 heteroatoms. The van der Waals surface area contributed by atoms with Crippen molar-refractivity contribution in [2.45, 2.75) is 37.5 Å². The van der Waals surface area contributed by atoms with E-state index in [1.165, 1.54) is 6.33 Å². The third-order valence-corrected chi connectivity index (χ3v) is 5.47. The van der Waals surface area contributed by atoms with Crippen LogP contribution in [0.2, 0.25) is 0 Å². The molecular formula is C20H14BF10N3O. The fourth-order valence-electron chi connectivity index (χ4n) is 4.12. The lowest BCUT2D eigenvalue weighted by molar-refractivity contribution is -0.739. The number of hydrogen-bond acceptors (Lipinski definition) is 2. The van der Waals surface area contributed by atoms with Crippen molar-refractivity contribution < 1.29 is 52.9 Å². The maximum atomic E-state index is 13.2. The zero-order valence-electron chi connectivity index (χ0n) is 17.3. The van der Waals surface area contributed by atoms with E-state index in [-0.39, 0.29) is 30.5 Å². The van der Waals surface area contributed by atoms with Crippen LogP contribution in [0, 0.1) is 0 Å². The van der Waals surface area contributed by atoms with Crippen LogP contribution in [0.1, 0.15) is 34.1 Å². The van der Waals surface area contributed by atoms with Gasteiger partial charge in [0.05, 0.1) is 11.1 Å². The SMILES string of the molecule is FC(F)(F)c1cc(-n2c[n+]3c(n2)CO[C@H]2Cc4ccccc4[C@H]23)cc(C(F)(F)F)c1.F[B-](F)(F)F. The van der Waals surface area contributed by atoms with Crippen LogP contribution in [0.25, 0.3) is 5.69 Å². The minimum absolute atomic E-state index is 0.104. The van der Waals surface area contributed by atoms with E-state index in [1.54, 1.807) is 4.57 Å². The third kappa shape index (κ3) is 5.44. The second-order valence-corrected chi connectivity index (χ2v) is 7.84. The zero-order chi connectivity index (χ0) is 25.8. The van der Waals surface area contributed by atoms with E-state index in [1.807, 2.05) is 24.3 Å². The summed E-state index contributed by atoms with van der Waals surface area (Å²) in [4.78, 5) is 0. The summed E-state index contributed by atoms with van der Waals surface area (Å²) in [7, 11) is -6.00. The summed E-state index contributed by atoms with van der Waals surface area (Å²) >= 11 is 0. The molecule has 0 spiro atoms. The van der Waals surface area contributed by atoms with Gasteiger partial charge < -0.3 is 22.0 Å². The molecule has 5 rings (SSSR count). The molecule has 188 valence electrons. The number of fused-ring (bicyclic) bond motifs is 5. The Labute approximate surface area is 190 Å². The highest BCUT2D eigenvalue weighted by Crippen LogP contribution is 2.38. The molecule has 2 aliphatic rings. The van der Waals surface area contributed by atoms with Gasteiger partial charge in [0.15, 0.2) is 0 Å². The van der Waals surface area contributed by atoms with Gasteiger partial charge in [0, 0.05) is 11.5 Å². The van der Waals surface area contributed by atoms with Crippen LogP contribution in [0.3, 0.4) is 0 Å². The first-order chi connectivity index (χ1) is 16.1. The molecule has 4 nitrogen and oxygen atoms in total. The van der Waals surface area contributed by atoms with E-state index in [0.717, 1.165) is 15.8 Å². The highest BCUT2D eigenvalue weighted by Gasteiger charge is 2.44.